The molecule has 4 heteroatoms. The first-order valence-electron chi connectivity index (χ1n) is 10.5. The molecule has 0 aromatic heterocycles. The minimum Gasteiger partial charge on any atom is -0.350 e. The topological polar surface area (TPSA) is 49.4 Å². The van der Waals surface area contributed by atoms with E-state index in [1.807, 2.05) is 74.5 Å². The number of hydrogen-bond donors (Lipinski definition) is 1. The van der Waals surface area contributed by atoms with Crippen LogP contribution >= 0.6 is 0 Å². The molecule has 0 atom stereocenters. The van der Waals surface area contributed by atoms with E-state index >= 15 is 0 Å². The Balaban J connectivity index is 1.81. The molecule has 0 spiro atoms. The van der Waals surface area contributed by atoms with Gasteiger partial charge in [-0.1, -0.05) is 67.9 Å². The Bertz CT molecular complexity index is 1180. The molecule has 0 unspecified atom stereocenters. The van der Waals surface area contributed by atoms with Crippen molar-refractivity contribution < 1.29 is 9.59 Å². The molecule has 3 aromatic carbocycles. The first-order chi connectivity index (χ1) is 14.9. The molecule has 0 aliphatic carbocycles. The van der Waals surface area contributed by atoms with Crippen LogP contribution < -0.4 is 10.2 Å². The number of carbonyl (C=O) groups excluding carboxylic acids is 2. The number of hydrogen-bond acceptors (Lipinski definition) is 3. The third kappa shape index (κ3) is 3.89. The molecular formula is C27H26N2O2. The van der Waals surface area contributed by atoms with Crippen LogP contribution in [0.2, 0.25) is 0 Å². The molecule has 156 valence electrons. The zero-order chi connectivity index (χ0) is 22.1. The van der Waals surface area contributed by atoms with Gasteiger partial charge in [-0.3, -0.25) is 9.59 Å². The smallest absolute Gasteiger partial charge is 0.282 e. The molecule has 1 aliphatic rings. The normalized spacial score (nSPS) is 14.0. The van der Waals surface area contributed by atoms with Crippen LogP contribution in [0, 0.1) is 13.8 Å². The lowest BCUT2D eigenvalue weighted by molar-refractivity contribution is -0.120. The summed E-state index contributed by atoms with van der Waals surface area (Å²) < 4.78 is 0. The van der Waals surface area contributed by atoms with E-state index in [2.05, 4.69) is 19.2 Å². The average Bonchev–Trinajstić information content (AvgIpc) is 2.99. The lowest BCUT2D eigenvalue weighted by atomic mass is 9.97. The Morgan fingerprint density at radius 2 is 1.48 bits per heavy atom. The molecule has 0 saturated carbocycles. The first-order valence-corrected chi connectivity index (χ1v) is 10.5. The fourth-order valence-corrected chi connectivity index (χ4v) is 3.90. The molecule has 1 heterocycles. The van der Waals surface area contributed by atoms with Gasteiger partial charge in [0, 0.05) is 5.69 Å². The molecule has 0 fully saturated rings. The van der Waals surface area contributed by atoms with E-state index in [0.717, 1.165) is 22.4 Å². The molecule has 0 saturated heterocycles. The number of anilines is 2. The van der Waals surface area contributed by atoms with Gasteiger partial charge in [-0.25, -0.2) is 4.90 Å². The zero-order valence-corrected chi connectivity index (χ0v) is 18.3. The van der Waals surface area contributed by atoms with Crippen molar-refractivity contribution in [3.8, 4) is 0 Å². The molecule has 0 radical (unpaired) electrons. The Kier molecular flexibility index (Phi) is 5.47. The second-order valence-electron chi connectivity index (χ2n) is 8.25. The third-order valence-electron chi connectivity index (χ3n) is 5.60. The van der Waals surface area contributed by atoms with Crippen LogP contribution in [0.3, 0.4) is 0 Å². The number of nitrogens with zero attached hydrogens (tertiary/aromatic N) is 1. The molecule has 3 aromatic rings. The van der Waals surface area contributed by atoms with Gasteiger partial charge in [0.1, 0.15) is 5.70 Å². The van der Waals surface area contributed by atoms with Crippen molar-refractivity contribution in [1.82, 2.24) is 0 Å². The fraction of sp³-hybridized carbons (Fsp3) is 0.185. The molecule has 1 aliphatic heterocycles. The van der Waals surface area contributed by atoms with Crippen molar-refractivity contribution in [2.24, 2.45) is 0 Å². The number of imide groups is 1. The summed E-state index contributed by atoms with van der Waals surface area (Å²) in [6.45, 7) is 8.26. The van der Waals surface area contributed by atoms with E-state index in [1.54, 1.807) is 12.1 Å². The van der Waals surface area contributed by atoms with Crippen molar-refractivity contribution in [2.45, 2.75) is 33.6 Å². The summed E-state index contributed by atoms with van der Waals surface area (Å²) in [7, 11) is 0. The summed E-state index contributed by atoms with van der Waals surface area (Å²) in [5.41, 5.74) is 6.09. The van der Waals surface area contributed by atoms with E-state index in [4.69, 9.17) is 0 Å². The van der Waals surface area contributed by atoms with Crippen LogP contribution in [0.1, 0.15) is 42.0 Å². The van der Waals surface area contributed by atoms with Crippen LogP contribution in [0.4, 0.5) is 11.4 Å². The number of nitrogens with one attached hydrogen (secondary N) is 1. The maximum atomic E-state index is 13.5. The second kappa shape index (κ2) is 8.23. The van der Waals surface area contributed by atoms with Crippen LogP contribution in [0.25, 0.3) is 5.57 Å². The highest BCUT2D eigenvalue weighted by Crippen LogP contribution is 2.35. The Hall–Kier alpha value is -3.66. The minimum atomic E-state index is -0.348. The summed E-state index contributed by atoms with van der Waals surface area (Å²) in [6, 6.07) is 23.0. The molecule has 31 heavy (non-hydrogen) atoms. The Morgan fingerprint density at radius 3 is 2.10 bits per heavy atom. The summed E-state index contributed by atoms with van der Waals surface area (Å²) >= 11 is 0. The van der Waals surface area contributed by atoms with E-state index in [9.17, 15) is 9.59 Å². The van der Waals surface area contributed by atoms with Crippen LogP contribution in [0.15, 0.2) is 78.5 Å². The van der Waals surface area contributed by atoms with Gasteiger partial charge in [-0.2, -0.15) is 0 Å². The monoisotopic (exact) mass is 410 g/mol. The number of aryl methyl sites for hydroxylation is 2. The average molecular weight is 411 g/mol. The number of rotatable bonds is 5. The maximum absolute atomic E-state index is 13.5. The van der Waals surface area contributed by atoms with Crippen LogP contribution in [-0.2, 0) is 9.59 Å². The standard InChI is InChI=1S/C27H26N2O2/c1-17(2)20-11-13-21(14-12-20)28-25-24(23-15-10-18(3)16-19(23)4)26(30)29(27(25)31)22-8-6-5-7-9-22/h5-17,28H,1-4H3. The number of benzene rings is 3. The highest BCUT2D eigenvalue weighted by Gasteiger charge is 2.40. The molecule has 1 N–H and O–H groups in total. The van der Waals surface area contributed by atoms with E-state index in [0.29, 0.717) is 22.9 Å². The fourth-order valence-electron chi connectivity index (χ4n) is 3.90. The van der Waals surface area contributed by atoms with E-state index < -0.39 is 0 Å². The largest absolute Gasteiger partial charge is 0.350 e. The zero-order valence-electron chi connectivity index (χ0n) is 18.3. The van der Waals surface area contributed by atoms with Gasteiger partial charge >= 0.3 is 0 Å². The van der Waals surface area contributed by atoms with Gasteiger partial charge in [-0.15, -0.1) is 0 Å². The predicted octanol–water partition coefficient (Wildman–Crippen LogP) is 5.82. The molecular weight excluding hydrogens is 384 g/mol. The summed E-state index contributed by atoms with van der Waals surface area (Å²) in [6.07, 6.45) is 0. The SMILES string of the molecule is Cc1ccc(C2=C(Nc3ccc(C(C)C)cc3)C(=O)N(c3ccccc3)C2=O)c(C)c1. The van der Waals surface area contributed by atoms with Gasteiger partial charge in [0.05, 0.1) is 11.3 Å². The van der Waals surface area contributed by atoms with Gasteiger partial charge in [0.2, 0.25) is 0 Å². The van der Waals surface area contributed by atoms with Gasteiger partial charge < -0.3 is 5.32 Å². The van der Waals surface area contributed by atoms with Gasteiger partial charge in [0.15, 0.2) is 0 Å². The second-order valence-corrected chi connectivity index (χ2v) is 8.25. The Morgan fingerprint density at radius 1 is 0.806 bits per heavy atom. The molecule has 4 rings (SSSR count). The summed E-state index contributed by atoms with van der Waals surface area (Å²) in [4.78, 5) is 28.2. The van der Waals surface area contributed by atoms with Gasteiger partial charge in [0.25, 0.3) is 11.8 Å². The van der Waals surface area contributed by atoms with Crippen molar-refractivity contribution in [2.75, 3.05) is 10.2 Å². The highest BCUT2D eigenvalue weighted by atomic mass is 16.2. The van der Waals surface area contributed by atoms with Crippen molar-refractivity contribution in [3.05, 3.63) is 101 Å². The third-order valence-corrected chi connectivity index (χ3v) is 5.60. The van der Waals surface area contributed by atoms with E-state index in [-0.39, 0.29) is 11.8 Å². The maximum Gasteiger partial charge on any atom is 0.282 e. The first kappa shape index (κ1) is 20.6. The van der Waals surface area contributed by atoms with E-state index in [1.165, 1.54) is 10.5 Å². The summed E-state index contributed by atoms with van der Waals surface area (Å²) in [5.74, 6) is -0.245. The molecule has 0 bridgehead atoms. The highest BCUT2D eigenvalue weighted by molar-refractivity contribution is 6.46. The quantitative estimate of drug-likeness (QED) is 0.539. The summed E-state index contributed by atoms with van der Waals surface area (Å²) in [5, 5.41) is 3.24. The van der Waals surface area contributed by atoms with Crippen molar-refractivity contribution >= 4 is 28.8 Å². The number of para-hydroxylation sites is 1. The number of amides is 2. The molecule has 4 nitrogen and oxygen atoms in total. The number of carbonyl (C=O) groups is 2. The van der Waals surface area contributed by atoms with Gasteiger partial charge in [-0.05, 0) is 60.7 Å². The molecule has 2 amide bonds. The lowest BCUT2D eigenvalue weighted by Gasteiger charge is -2.15. The van der Waals surface area contributed by atoms with Crippen molar-refractivity contribution in [1.29, 1.82) is 0 Å². The lowest BCUT2D eigenvalue weighted by Crippen LogP contribution is -2.32. The van der Waals surface area contributed by atoms with Crippen LogP contribution in [0.5, 0.6) is 0 Å². The Labute approximate surface area is 183 Å². The minimum absolute atomic E-state index is 0.304. The predicted molar refractivity (Wildman–Crippen MR) is 126 cm³/mol. The van der Waals surface area contributed by atoms with Crippen LogP contribution in [-0.4, -0.2) is 11.8 Å². The van der Waals surface area contributed by atoms with Crippen molar-refractivity contribution in [3.63, 3.8) is 0 Å².